The van der Waals surface area contributed by atoms with Gasteiger partial charge in [-0.15, -0.1) is 23.5 Å². The molecule has 3 heterocycles. The molecule has 13 nitrogen and oxygen atoms in total. The number of carbonyl (C=O) groups excluding carboxylic acids is 1. The molecule has 1 amide bonds. The first kappa shape index (κ1) is 53.6. The molecule has 0 fully saturated rings. The predicted molar refractivity (Wildman–Crippen MR) is 272 cm³/mol. The fourth-order valence-corrected chi connectivity index (χ4v) is 6.78. The van der Waals surface area contributed by atoms with Gasteiger partial charge in [0.25, 0.3) is 0 Å². The molecule has 0 bridgehead atoms. The topological polar surface area (TPSA) is 174 Å². The second-order valence-electron chi connectivity index (χ2n) is 14.7. The number of rotatable bonds is 9. The van der Waals surface area contributed by atoms with Crippen molar-refractivity contribution in [2.45, 2.75) is 64.7 Å². The van der Waals surface area contributed by atoms with Crippen molar-refractivity contribution in [3.05, 3.63) is 116 Å². The number of benzene rings is 3. The van der Waals surface area contributed by atoms with Crippen molar-refractivity contribution < 1.29 is 9.53 Å². The van der Waals surface area contributed by atoms with E-state index in [1.807, 2.05) is 66.5 Å². The summed E-state index contributed by atoms with van der Waals surface area (Å²) < 4.78 is 5.13. The van der Waals surface area contributed by atoms with Crippen LogP contribution in [0, 0.1) is 26.2 Å². The van der Waals surface area contributed by atoms with Crippen molar-refractivity contribution in [2.75, 3.05) is 60.3 Å². The molecule has 0 spiro atoms. The van der Waals surface area contributed by atoms with Gasteiger partial charge in [0.1, 0.15) is 49.9 Å². The van der Waals surface area contributed by atoms with E-state index < -0.39 is 5.41 Å². The molecule has 0 aliphatic carbocycles. The fraction of sp³-hybridized carbons (Fsp3) is 0.311. The van der Waals surface area contributed by atoms with Crippen molar-refractivity contribution in [3.8, 4) is 5.75 Å². The Morgan fingerprint density at radius 1 is 0.656 bits per heavy atom. The van der Waals surface area contributed by atoms with Crippen LogP contribution in [-0.4, -0.2) is 69.5 Å². The molecule has 0 aliphatic rings. The van der Waals surface area contributed by atoms with Gasteiger partial charge in [-0.05, 0) is 106 Å². The van der Waals surface area contributed by atoms with E-state index in [-0.39, 0.29) is 27.7 Å². The summed E-state index contributed by atoms with van der Waals surface area (Å²) in [6.07, 6.45) is 5.28. The molecular formula is C45H55Cl4N11O2S2. The number of nitrogen functional groups attached to an aromatic ring is 2. The van der Waals surface area contributed by atoms with Crippen LogP contribution in [0.25, 0.3) is 0 Å². The van der Waals surface area contributed by atoms with E-state index in [0.29, 0.717) is 45.0 Å². The molecule has 0 unspecified atom stereocenters. The molecule has 0 aliphatic heterocycles. The van der Waals surface area contributed by atoms with Gasteiger partial charge in [-0.3, -0.25) is 4.79 Å². The minimum Gasteiger partial charge on any atom is -0.497 e. The number of methoxy groups -OCH3 is 1. The summed E-state index contributed by atoms with van der Waals surface area (Å²) >= 11 is 27.5. The third-order valence-corrected chi connectivity index (χ3v) is 11.8. The highest BCUT2D eigenvalue weighted by atomic mass is 35.5. The van der Waals surface area contributed by atoms with Crippen LogP contribution in [0.5, 0.6) is 5.75 Å². The quantitative estimate of drug-likeness (QED) is 0.0922. The first-order valence-electron chi connectivity index (χ1n) is 19.6. The van der Waals surface area contributed by atoms with Crippen LogP contribution in [0.1, 0.15) is 50.7 Å². The van der Waals surface area contributed by atoms with Crippen LogP contribution >= 0.6 is 69.9 Å². The lowest BCUT2D eigenvalue weighted by Crippen LogP contribution is -2.28. The lowest BCUT2D eigenvalue weighted by molar-refractivity contribution is -0.123. The molecule has 0 saturated carbocycles. The Morgan fingerprint density at radius 3 is 1.45 bits per heavy atom. The predicted octanol–water partition coefficient (Wildman–Crippen LogP) is 12.4. The number of thioether (sulfide) groups is 2. The lowest BCUT2D eigenvalue weighted by Gasteiger charge is -2.20. The Hall–Kier alpha value is -4.77. The second-order valence-corrected chi connectivity index (χ2v) is 18.0. The van der Waals surface area contributed by atoms with E-state index in [2.05, 4.69) is 84.8 Å². The number of nitrogens with one attached hydrogen (secondary N) is 1. The van der Waals surface area contributed by atoms with Gasteiger partial charge in [0.15, 0.2) is 22.6 Å². The third kappa shape index (κ3) is 15.7. The van der Waals surface area contributed by atoms with E-state index in [4.69, 9.17) is 62.6 Å². The van der Waals surface area contributed by atoms with Crippen LogP contribution in [-0.2, 0) is 11.2 Å². The molecule has 342 valence electrons. The fourth-order valence-electron chi connectivity index (χ4n) is 5.20. The minimum absolute atomic E-state index is 0.137. The summed E-state index contributed by atoms with van der Waals surface area (Å²) in [5.74, 6) is 4.28. The van der Waals surface area contributed by atoms with Crippen molar-refractivity contribution in [3.63, 3.8) is 0 Å². The van der Waals surface area contributed by atoms with Gasteiger partial charge >= 0.3 is 0 Å². The molecule has 0 radical (unpaired) electrons. The molecule has 6 rings (SSSR count). The van der Waals surface area contributed by atoms with Crippen LogP contribution in [0.3, 0.4) is 0 Å². The first-order chi connectivity index (χ1) is 30.1. The summed E-state index contributed by atoms with van der Waals surface area (Å²) in [5.41, 5.74) is 14.3. The molecule has 0 atom stereocenters. The molecule has 0 saturated heterocycles. The van der Waals surface area contributed by atoms with Crippen molar-refractivity contribution in [2.24, 2.45) is 5.41 Å². The molecule has 3 aromatic heterocycles. The summed E-state index contributed by atoms with van der Waals surface area (Å²) in [7, 11) is 5.40. The summed E-state index contributed by atoms with van der Waals surface area (Å²) in [6.45, 7) is 12.8. The number of hydrogen-bond donors (Lipinski definition) is 3. The number of halogens is 4. The zero-order chi connectivity index (χ0) is 47.9. The maximum atomic E-state index is 11.7. The van der Waals surface area contributed by atoms with E-state index in [1.165, 1.54) is 15.4 Å². The average molecular weight is 988 g/mol. The van der Waals surface area contributed by atoms with Crippen molar-refractivity contribution >= 4 is 116 Å². The number of ether oxygens (including phenoxy) is 1. The normalized spacial score (nSPS) is 10.6. The van der Waals surface area contributed by atoms with Gasteiger partial charge in [0.05, 0.1) is 7.11 Å². The van der Waals surface area contributed by atoms with Crippen LogP contribution < -0.4 is 31.3 Å². The molecular weight excluding hydrogens is 933 g/mol. The van der Waals surface area contributed by atoms with E-state index >= 15 is 0 Å². The highest BCUT2D eigenvalue weighted by Crippen LogP contribution is 2.34. The first-order valence-corrected chi connectivity index (χ1v) is 23.6. The van der Waals surface area contributed by atoms with Gasteiger partial charge in [0, 0.05) is 40.7 Å². The molecule has 64 heavy (non-hydrogen) atoms. The number of amides is 1. The zero-order valence-electron chi connectivity index (χ0n) is 38.0. The SMILES string of the molecule is CCc1ccc(SC)cc1.COc1ccc(N(C)c2nc(C)nc(N)c2Cl)cc1.CSc1ccc(N(C)c2nc(C)nc(N)c2Cl)cc1.Cc1nc(Cl)c(Cl)c(NC(=O)C(C)(C)C)n1. The zero-order valence-corrected chi connectivity index (χ0v) is 42.7. The van der Waals surface area contributed by atoms with Crippen molar-refractivity contribution in [1.29, 1.82) is 0 Å². The number of aryl methyl sites for hydroxylation is 4. The van der Waals surface area contributed by atoms with Gasteiger partial charge < -0.3 is 31.3 Å². The van der Waals surface area contributed by atoms with Gasteiger partial charge in [-0.25, -0.2) is 29.9 Å². The summed E-state index contributed by atoms with van der Waals surface area (Å²) in [4.78, 5) is 42.7. The number of carbonyl (C=O) groups is 1. The smallest absolute Gasteiger partial charge is 0.230 e. The summed E-state index contributed by atoms with van der Waals surface area (Å²) in [5, 5.41) is 3.65. The van der Waals surface area contributed by atoms with E-state index in [0.717, 1.165) is 23.5 Å². The maximum Gasteiger partial charge on any atom is 0.230 e. The van der Waals surface area contributed by atoms with E-state index in [9.17, 15) is 4.79 Å². The van der Waals surface area contributed by atoms with Crippen LogP contribution in [0.15, 0.2) is 82.6 Å². The average Bonchev–Trinajstić information content (AvgIpc) is 3.27. The molecule has 3 aromatic carbocycles. The van der Waals surface area contributed by atoms with E-state index in [1.54, 1.807) is 72.2 Å². The Kier molecular flexibility index (Phi) is 21.0. The highest BCUT2D eigenvalue weighted by molar-refractivity contribution is 7.98. The Labute approximate surface area is 405 Å². The second kappa shape index (κ2) is 25.1. The maximum absolute atomic E-state index is 11.7. The number of aromatic nitrogens is 6. The number of nitrogens with two attached hydrogens (primary N) is 2. The van der Waals surface area contributed by atoms with Gasteiger partial charge in [-0.1, -0.05) is 86.2 Å². The van der Waals surface area contributed by atoms with Gasteiger partial charge in [-0.2, -0.15) is 0 Å². The van der Waals surface area contributed by atoms with Crippen molar-refractivity contribution in [1.82, 2.24) is 29.9 Å². The monoisotopic (exact) mass is 985 g/mol. The molecule has 19 heteroatoms. The number of hydrogen-bond acceptors (Lipinski definition) is 14. The standard InChI is InChI=1S/C13H15ClN4O.C13H15ClN4S.C10H13Cl2N3O.C9H12S/c2*1-8-16-12(15)11(14)13(17-8)18(2)9-4-6-10(19-3)7-5-9;1-5-13-7(12)6(11)8(14-5)15-9(16)10(2,3)4;1-3-8-4-6-9(10-2)7-5-8/h2*4-7H,1-3H3,(H2,15,16,17);1-4H3,(H,13,14,15,16);4-7H,3H2,1-2H3. The summed E-state index contributed by atoms with van der Waals surface area (Å²) in [6, 6.07) is 24.5. The largest absolute Gasteiger partial charge is 0.497 e. The molecule has 6 aromatic rings. The lowest BCUT2D eigenvalue weighted by atomic mass is 9.96. The van der Waals surface area contributed by atoms with Gasteiger partial charge in [0.2, 0.25) is 5.91 Å². The Balaban J connectivity index is 0.000000232. The number of nitrogens with zero attached hydrogens (tertiary/aromatic N) is 8. The highest BCUT2D eigenvalue weighted by Gasteiger charge is 2.23. The number of anilines is 7. The van der Waals surface area contributed by atoms with Crippen LogP contribution in [0.2, 0.25) is 20.2 Å². The Morgan fingerprint density at radius 2 is 1.06 bits per heavy atom. The molecule has 5 N–H and O–H groups in total. The third-order valence-electron chi connectivity index (χ3n) is 8.90. The Bertz CT molecular complexity index is 2330. The van der Waals surface area contributed by atoms with Crippen LogP contribution in [0.4, 0.5) is 40.5 Å². The minimum atomic E-state index is -0.519.